The van der Waals surface area contributed by atoms with Crippen molar-refractivity contribution >= 4 is 0 Å². The van der Waals surface area contributed by atoms with E-state index in [9.17, 15) is 9.50 Å². The largest absolute Gasteiger partial charge is 0.508 e. The van der Waals surface area contributed by atoms with Gasteiger partial charge in [0.05, 0.1) is 0 Å². The van der Waals surface area contributed by atoms with Crippen LogP contribution in [0.15, 0.2) is 18.2 Å². The highest BCUT2D eigenvalue weighted by Crippen LogP contribution is 2.35. The van der Waals surface area contributed by atoms with Gasteiger partial charge in [-0.3, -0.25) is 4.90 Å². The van der Waals surface area contributed by atoms with Gasteiger partial charge in [-0.25, -0.2) is 4.39 Å². The standard InChI is InChI=1S/C16H25FN2O/c1-3-19(16-6-4-5-12(16)10-18)11(2)14-8-7-13(20)9-15(14)17/h7-9,11-12,16,20H,3-6,10,18H2,1-2H3. The number of hydrogen-bond acceptors (Lipinski definition) is 3. The summed E-state index contributed by atoms with van der Waals surface area (Å²) in [4.78, 5) is 2.35. The summed E-state index contributed by atoms with van der Waals surface area (Å²) in [6.45, 7) is 5.72. The minimum atomic E-state index is -0.335. The van der Waals surface area contributed by atoms with Crippen LogP contribution in [0.4, 0.5) is 4.39 Å². The van der Waals surface area contributed by atoms with E-state index in [1.807, 2.05) is 6.92 Å². The van der Waals surface area contributed by atoms with Gasteiger partial charge in [-0.1, -0.05) is 19.4 Å². The summed E-state index contributed by atoms with van der Waals surface area (Å²) < 4.78 is 14.1. The molecule has 0 bridgehead atoms. The summed E-state index contributed by atoms with van der Waals surface area (Å²) in [5, 5.41) is 9.34. The number of phenolic OH excluding ortho intramolecular Hbond substituents is 1. The van der Waals surface area contributed by atoms with Gasteiger partial charge in [0.15, 0.2) is 0 Å². The van der Waals surface area contributed by atoms with Gasteiger partial charge in [-0.05, 0) is 44.8 Å². The molecule has 1 aromatic rings. The first kappa shape index (κ1) is 15.3. The molecule has 0 radical (unpaired) electrons. The number of halogens is 1. The molecule has 1 aromatic carbocycles. The zero-order valence-corrected chi connectivity index (χ0v) is 12.3. The first-order valence-corrected chi connectivity index (χ1v) is 7.52. The number of phenols is 1. The molecule has 1 fully saturated rings. The fourth-order valence-electron chi connectivity index (χ4n) is 3.56. The maximum absolute atomic E-state index is 14.1. The van der Waals surface area contributed by atoms with E-state index < -0.39 is 0 Å². The minimum absolute atomic E-state index is 0.00208. The molecule has 112 valence electrons. The van der Waals surface area contributed by atoms with Gasteiger partial charge in [0.1, 0.15) is 11.6 Å². The molecule has 0 amide bonds. The summed E-state index contributed by atoms with van der Waals surface area (Å²) in [5.74, 6) is 0.151. The van der Waals surface area contributed by atoms with E-state index in [0.29, 0.717) is 24.1 Å². The van der Waals surface area contributed by atoms with Crippen molar-refractivity contribution in [1.82, 2.24) is 4.90 Å². The summed E-state index contributed by atoms with van der Waals surface area (Å²) in [5.41, 5.74) is 6.52. The average molecular weight is 280 g/mol. The smallest absolute Gasteiger partial charge is 0.131 e. The predicted molar refractivity (Wildman–Crippen MR) is 79.0 cm³/mol. The topological polar surface area (TPSA) is 49.5 Å². The molecule has 0 aliphatic heterocycles. The SMILES string of the molecule is CCN(C(C)c1ccc(O)cc1F)C1CCCC1CN. The molecule has 3 nitrogen and oxygen atoms in total. The molecule has 0 saturated heterocycles. The van der Waals surface area contributed by atoms with Crippen LogP contribution in [0.25, 0.3) is 0 Å². The molecule has 0 aromatic heterocycles. The third kappa shape index (κ3) is 2.96. The van der Waals surface area contributed by atoms with Crippen LogP contribution < -0.4 is 5.73 Å². The number of nitrogens with zero attached hydrogens (tertiary/aromatic N) is 1. The van der Waals surface area contributed by atoms with Crippen LogP contribution in [0, 0.1) is 11.7 Å². The van der Waals surface area contributed by atoms with Gasteiger partial charge in [-0.2, -0.15) is 0 Å². The highest BCUT2D eigenvalue weighted by Gasteiger charge is 2.33. The lowest BCUT2D eigenvalue weighted by Crippen LogP contribution is -2.41. The first-order valence-electron chi connectivity index (χ1n) is 7.52. The van der Waals surface area contributed by atoms with Gasteiger partial charge in [0.25, 0.3) is 0 Å². The Kier molecular flexibility index (Phi) is 5.00. The van der Waals surface area contributed by atoms with Crippen molar-refractivity contribution in [3.8, 4) is 5.75 Å². The molecule has 3 N–H and O–H groups in total. The normalized spacial score (nSPS) is 24.2. The maximum Gasteiger partial charge on any atom is 0.131 e. The maximum atomic E-state index is 14.1. The monoisotopic (exact) mass is 280 g/mol. The van der Waals surface area contributed by atoms with Crippen LogP contribution in [0.5, 0.6) is 5.75 Å². The molecule has 3 unspecified atom stereocenters. The van der Waals surface area contributed by atoms with Crippen LogP contribution in [0.2, 0.25) is 0 Å². The van der Waals surface area contributed by atoms with Gasteiger partial charge in [0.2, 0.25) is 0 Å². The predicted octanol–water partition coefficient (Wildman–Crippen LogP) is 3.04. The van der Waals surface area contributed by atoms with E-state index in [1.54, 1.807) is 12.1 Å². The number of aromatic hydroxyl groups is 1. The Labute approximate surface area is 120 Å². The summed E-state index contributed by atoms with van der Waals surface area (Å²) in [6.07, 6.45) is 3.51. The molecule has 0 heterocycles. The molecule has 3 atom stereocenters. The number of rotatable bonds is 5. The van der Waals surface area contributed by atoms with Crippen LogP contribution in [0.1, 0.15) is 44.7 Å². The molecule has 1 saturated carbocycles. The van der Waals surface area contributed by atoms with Gasteiger partial charge >= 0.3 is 0 Å². The van der Waals surface area contributed by atoms with E-state index in [2.05, 4.69) is 11.8 Å². The third-order valence-corrected chi connectivity index (χ3v) is 4.64. The van der Waals surface area contributed by atoms with Crippen molar-refractivity contribution in [2.75, 3.05) is 13.1 Å². The summed E-state index contributed by atoms with van der Waals surface area (Å²) in [7, 11) is 0. The molecule has 0 spiro atoms. The Morgan fingerprint density at radius 2 is 2.20 bits per heavy atom. The second-order valence-corrected chi connectivity index (χ2v) is 5.71. The van der Waals surface area contributed by atoms with E-state index >= 15 is 0 Å². The molecule has 2 rings (SSSR count). The second-order valence-electron chi connectivity index (χ2n) is 5.71. The van der Waals surface area contributed by atoms with E-state index in [4.69, 9.17) is 5.73 Å². The lowest BCUT2D eigenvalue weighted by Gasteiger charge is -2.37. The van der Waals surface area contributed by atoms with Gasteiger partial charge in [-0.15, -0.1) is 0 Å². The second kappa shape index (κ2) is 6.55. The fraction of sp³-hybridized carbons (Fsp3) is 0.625. The van der Waals surface area contributed by atoms with Crippen molar-refractivity contribution in [2.24, 2.45) is 11.7 Å². The fourth-order valence-corrected chi connectivity index (χ4v) is 3.56. The Morgan fingerprint density at radius 3 is 2.80 bits per heavy atom. The van der Waals surface area contributed by atoms with Crippen LogP contribution in [-0.2, 0) is 0 Å². The van der Waals surface area contributed by atoms with Crippen LogP contribution in [-0.4, -0.2) is 29.1 Å². The number of benzene rings is 1. The molecule has 4 heteroatoms. The number of hydrogen-bond donors (Lipinski definition) is 2. The Morgan fingerprint density at radius 1 is 1.45 bits per heavy atom. The average Bonchev–Trinajstić information content (AvgIpc) is 2.87. The summed E-state index contributed by atoms with van der Waals surface area (Å²) in [6, 6.07) is 4.86. The zero-order chi connectivity index (χ0) is 14.7. The van der Waals surface area contributed by atoms with Crippen LogP contribution in [0.3, 0.4) is 0 Å². The highest BCUT2D eigenvalue weighted by molar-refractivity contribution is 5.29. The lowest BCUT2D eigenvalue weighted by molar-refractivity contribution is 0.121. The Hall–Kier alpha value is -1.13. The van der Waals surface area contributed by atoms with Crippen molar-refractivity contribution in [2.45, 2.75) is 45.2 Å². The lowest BCUT2D eigenvalue weighted by atomic mass is 9.98. The Balaban J connectivity index is 2.22. The van der Waals surface area contributed by atoms with Crippen molar-refractivity contribution in [3.63, 3.8) is 0 Å². The molecular weight excluding hydrogens is 255 g/mol. The summed E-state index contributed by atoms with van der Waals surface area (Å²) >= 11 is 0. The zero-order valence-electron chi connectivity index (χ0n) is 12.3. The highest BCUT2D eigenvalue weighted by atomic mass is 19.1. The van der Waals surface area contributed by atoms with Crippen molar-refractivity contribution in [3.05, 3.63) is 29.6 Å². The van der Waals surface area contributed by atoms with Crippen molar-refractivity contribution in [1.29, 1.82) is 0 Å². The van der Waals surface area contributed by atoms with Gasteiger partial charge in [0, 0.05) is 23.7 Å². The molecule has 20 heavy (non-hydrogen) atoms. The minimum Gasteiger partial charge on any atom is -0.508 e. The van der Waals surface area contributed by atoms with E-state index in [0.717, 1.165) is 13.0 Å². The van der Waals surface area contributed by atoms with Gasteiger partial charge < -0.3 is 10.8 Å². The number of nitrogens with two attached hydrogens (primary N) is 1. The van der Waals surface area contributed by atoms with E-state index in [1.165, 1.54) is 18.9 Å². The van der Waals surface area contributed by atoms with Crippen LogP contribution >= 0.6 is 0 Å². The Bertz CT molecular complexity index is 452. The third-order valence-electron chi connectivity index (χ3n) is 4.64. The van der Waals surface area contributed by atoms with Crippen molar-refractivity contribution < 1.29 is 9.50 Å². The molecular formula is C16H25FN2O. The quantitative estimate of drug-likeness (QED) is 0.871. The first-order chi connectivity index (χ1) is 9.58. The van der Waals surface area contributed by atoms with E-state index in [-0.39, 0.29) is 17.6 Å². The molecule has 1 aliphatic carbocycles. The molecule has 1 aliphatic rings.